The molecule has 0 unspecified atom stereocenters. The van der Waals surface area contributed by atoms with Gasteiger partial charge in [-0.15, -0.1) is 0 Å². The maximum atomic E-state index is 12.3. The summed E-state index contributed by atoms with van der Waals surface area (Å²) in [5.74, 6) is 3.40. The van der Waals surface area contributed by atoms with Crippen molar-refractivity contribution in [1.82, 2.24) is 14.8 Å². The van der Waals surface area contributed by atoms with E-state index in [1.807, 2.05) is 19.2 Å². The first-order chi connectivity index (χ1) is 18.7. The zero-order valence-electron chi connectivity index (χ0n) is 23.8. The highest BCUT2D eigenvalue weighted by Gasteiger charge is 2.28. The highest BCUT2D eigenvalue weighted by molar-refractivity contribution is 5.76. The molecular weight excluding hydrogens is 492 g/mol. The Labute approximate surface area is 231 Å². The van der Waals surface area contributed by atoms with Gasteiger partial charge in [-0.2, -0.15) is 5.10 Å². The zero-order valence-corrected chi connectivity index (χ0v) is 23.8. The lowest BCUT2D eigenvalue weighted by atomic mass is 9.81. The van der Waals surface area contributed by atoms with Crippen LogP contribution in [0.15, 0.2) is 30.3 Å². The molecule has 39 heavy (non-hydrogen) atoms. The third-order valence-electron chi connectivity index (χ3n) is 7.38. The number of pyridine rings is 1. The molecule has 0 fully saturated rings. The molecule has 0 bridgehead atoms. The third kappa shape index (κ3) is 6.37. The van der Waals surface area contributed by atoms with Crippen LogP contribution in [-0.2, 0) is 36.5 Å². The van der Waals surface area contributed by atoms with E-state index in [-0.39, 0.29) is 17.1 Å². The first kappa shape index (κ1) is 27.0. The molecule has 0 radical (unpaired) electrons. The maximum absolute atomic E-state index is 12.3. The first-order valence-electron chi connectivity index (χ1n) is 14.0. The quantitative estimate of drug-likeness (QED) is 0.407. The summed E-state index contributed by atoms with van der Waals surface area (Å²) in [6.07, 6.45) is 4.00. The Kier molecular flexibility index (Phi) is 7.82. The number of Topliss-reactive ketones (excluding diaryl/α,β-unsaturated/α-hetero) is 1. The lowest BCUT2D eigenvalue weighted by molar-refractivity contribution is -0.117. The van der Waals surface area contributed by atoms with Gasteiger partial charge in [-0.25, -0.2) is 9.67 Å². The van der Waals surface area contributed by atoms with Gasteiger partial charge in [0.15, 0.2) is 11.5 Å². The number of rotatable bonds is 9. The molecule has 2 aliphatic rings. The number of nitrogens with zero attached hydrogens (tertiary/aromatic N) is 3. The molecule has 0 aliphatic carbocycles. The topological polar surface area (TPSA) is 87.5 Å². The van der Waals surface area contributed by atoms with Gasteiger partial charge in [-0.05, 0) is 60.8 Å². The third-order valence-corrected chi connectivity index (χ3v) is 7.38. The molecule has 0 saturated carbocycles. The summed E-state index contributed by atoms with van der Waals surface area (Å²) in [6.45, 7) is 10.7. The summed E-state index contributed by atoms with van der Waals surface area (Å²) in [5.41, 5.74) is 5.23. The number of aryl methyl sites for hydroxylation is 2. The van der Waals surface area contributed by atoms with Gasteiger partial charge in [0, 0.05) is 43.8 Å². The van der Waals surface area contributed by atoms with Crippen molar-refractivity contribution in [2.24, 2.45) is 7.05 Å². The Morgan fingerprint density at radius 1 is 1.15 bits per heavy atom. The van der Waals surface area contributed by atoms with E-state index >= 15 is 0 Å². The Hall–Kier alpha value is -3.55. The van der Waals surface area contributed by atoms with Crippen molar-refractivity contribution in [1.29, 1.82) is 0 Å². The molecular formula is C31H40N4O4. The molecule has 0 spiro atoms. The van der Waals surface area contributed by atoms with Gasteiger partial charge in [0.2, 0.25) is 5.88 Å². The van der Waals surface area contributed by atoms with Crippen molar-refractivity contribution in [3.8, 4) is 17.4 Å². The first-order valence-corrected chi connectivity index (χ1v) is 14.0. The number of carbonyl (C=O) groups is 1. The number of hydrogen-bond donors (Lipinski definition) is 1. The van der Waals surface area contributed by atoms with E-state index < -0.39 is 0 Å². The van der Waals surface area contributed by atoms with Gasteiger partial charge in [-0.3, -0.25) is 0 Å². The minimum Gasteiger partial charge on any atom is -0.486 e. The Morgan fingerprint density at radius 2 is 1.97 bits per heavy atom. The Bertz CT molecular complexity index is 1340. The van der Waals surface area contributed by atoms with Crippen LogP contribution in [-0.4, -0.2) is 46.9 Å². The predicted octanol–water partition coefficient (Wildman–Crippen LogP) is 5.17. The fourth-order valence-electron chi connectivity index (χ4n) is 5.38. The van der Waals surface area contributed by atoms with Gasteiger partial charge >= 0.3 is 0 Å². The van der Waals surface area contributed by atoms with Gasteiger partial charge < -0.3 is 24.3 Å². The molecule has 0 amide bonds. The average Bonchev–Trinajstić information content (AvgIpc) is 3.25. The van der Waals surface area contributed by atoms with Crippen LogP contribution in [0.2, 0.25) is 0 Å². The van der Waals surface area contributed by atoms with Gasteiger partial charge in [0.05, 0.1) is 12.3 Å². The van der Waals surface area contributed by atoms with E-state index in [0.29, 0.717) is 38.5 Å². The average molecular weight is 533 g/mol. The molecule has 208 valence electrons. The van der Waals surface area contributed by atoms with Crippen molar-refractivity contribution in [3.63, 3.8) is 0 Å². The number of fused-ring (bicyclic) bond motifs is 2. The van der Waals surface area contributed by atoms with Crippen molar-refractivity contribution in [2.45, 2.75) is 71.1 Å². The maximum Gasteiger partial charge on any atom is 0.211 e. The van der Waals surface area contributed by atoms with Crippen molar-refractivity contribution in [3.05, 3.63) is 58.4 Å². The van der Waals surface area contributed by atoms with Crippen LogP contribution in [0.3, 0.4) is 0 Å². The second-order valence-electron chi connectivity index (χ2n) is 11.7. The van der Waals surface area contributed by atoms with Crippen molar-refractivity contribution < 1.29 is 19.0 Å². The van der Waals surface area contributed by atoms with Crippen LogP contribution in [0.5, 0.6) is 17.4 Å². The number of carbonyl (C=O) groups excluding carboxylic acids is 1. The zero-order chi connectivity index (χ0) is 27.6. The number of nitrogens with one attached hydrogen (secondary N) is 1. The van der Waals surface area contributed by atoms with E-state index in [0.717, 1.165) is 65.6 Å². The van der Waals surface area contributed by atoms with E-state index in [9.17, 15) is 4.79 Å². The van der Waals surface area contributed by atoms with Gasteiger partial charge in [0.25, 0.3) is 0 Å². The summed E-state index contributed by atoms with van der Waals surface area (Å²) in [4.78, 5) is 17.1. The lowest BCUT2D eigenvalue weighted by Crippen LogP contribution is -2.22. The SMILES string of the molecule is CC(=O)C[C@H](Cc1cc(OCCc2ccc3c(n2)NCCC3)n(C)n1)c1cc2c(c(C(C)(C)C)c1)OCCO2. The molecule has 4 heterocycles. The van der Waals surface area contributed by atoms with E-state index in [2.05, 4.69) is 44.3 Å². The monoisotopic (exact) mass is 532 g/mol. The summed E-state index contributed by atoms with van der Waals surface area (Å²) in [7, 11) is 1.89. The largest absolute Gasteiger partial charge is 0.486 e. The molecule has 2 aromatic heterocycles. The highest BCUT2D eigenvalue weighted by Crippen LogP contribution is 2.43. The van der Waals surface area contributed by atoms with E-state index in [4.69, 9.17) is 24.3 Å². The van der Waals surface area contributed by atoms with Gasteiger partial charge in [-0.1, -0.05) is 32.9 Å². The number of hydrogen-bond acceptors (Lipinski definition) is 7. The fraction of sp³-hybridized carbons (Fsp3) is 0.516. The molecule has 1 aromatic carbocycles. The molecule has 0 saturated heterocycles. The molecule has 8 nitrogen and oxygen atoms in total. The minimum absolute atomic E-state index is 0.0330. The van der Waals surface area contributed by atoms with Crippen LogP contribution in [0.4, 0.5) is 5.82 Å². The van der Waals surface area contributed by atoms with Crippen LogP contribution >= 0.6 is 0 Å². The number of ether oxygens (including phenoxy) is 3. The number of benzene rings is 1. The van der Waals surface area contributed by atoms with E-state index in [1.54, 1.807) is 11.6 Å². The molecule has 5 rings (SSSR count). The molecule has 8 heteroatoms. The highest BCUT2D eigenvalue weighted by atomic mass is 16.6. The normalized spacial score (nSPS) is 15.3. The second kappa shape index (κ2) is 11.3. The molecule has 2 aliphatic heterocycles. The molecule has 1 atom stereocenters. The van der Waals surface area contributed by atoms with Gasteiger partial charge in [0.1, 0.15) is 24.8 Å². The molecule has 3 aromatic rings. The number of anilines is 1. The van der Waals surface area contributed by atoms with Crippen LogP contribution in [0.1, 0.15) is 74.5 Å². The summed E-state index contributed by atoms with van der Waals surface area (Å²) in [6, 6.07) is 10.5. The van der Waals surface area contributed by atoms with E-state index in [1.165, 1.54) is 5.56 Å². The smallest absolute Gasteiger partial charge is 0.211 e. The number of ketones is 1. The minimum atomic E-state index is -0.128. The summed E-state index contributed by atoms with van der Waals surface area (Å²) in [5, 5.41) is 8.12. The Morgan fingerprint density at radius 3 is 2.77 bits per heavy atom. The summed E-state index contributed by atoms with van der Waals surface area (Å²) >= 11 is 0. The number of aromatic nitrogens is 3. The molecule has 1 N–H and O–H groups in total. The summed E-state index contributed by atoms with van der Waals surface area (Å²) < 4.78 is 19.9. The predicted molar refractivity (Wildman–Crippen MR) is 151 cm³/mol. The van der Waals surface area contributed by atoms with Crippen molar-refractivity contribution >= 4 is 11.6 Å². The standard InChI is InChI=1S/C31H40N4O4/c1-20(36)15-22(23-17-26(31(2,3)4)29-27(18-23)37-13-14-39-29)16-25-19-28(35(5)34-25)38-12-10-24-9-8-21-7-6-11-32-30(21)33-24/h8-9,17-19,22H,6-7,10-16H2,1-5H3,(H,32,33)/t22-/m1/s1. The Balaban J connectivity index is 1.31. The second-order valence-corrected chi connectivity index (χ2v) is 11.7. The van der Waals surface area contributed by atoms with Crippen LogP contribution < -0.4 is 19.5 Å². The van der Waals surface area contributed by atoms with Crippen molar-refractivity contribution in [2.75, 3.05) is 31.7 Å². The lowest BCUT2D eigenvalue weighted by Gasteiger charge is -2.29. The van der Waals surface area contributed by atoms with Crippen LogP contribution in [0, 0.1) is 0 Å². The van der Waals surface area contributed by atoms with Crippen LogP contribution in [0.25, 0.3) is 0 Å². The fourth-order valence-corrected chi connectivity index (χ4v) is 5.38.